The molecule has 0 amide bonds. The minimum absolute atomic E-state index is 0.368. The van der Waals surface area contributed by atoms with E-state index in [4.69, 9.17) is 9.47 Å². The highest BCUT2D eigenvalue weighted by Gasteiger charge is 2.57. The second-order valence-corrected chi connectivity index (χ2v) is 7.67. The molecule has 12 nitrogen and oxygen atoms in total. The molecular weight excluding hydrogens is 435 g/mol. The van der Waals surface area contributed by atoms with E-state index in [2.05, 4.69) is 9.47 Å². The standard InChI is InChI=1S/C19H25FN2O10/c1-29-18(28)31-10-22-12(23)7-8-21(17(22)27)15-13(24)14(25)19(20,32-15)9-30-16(26)11-5-3-2-4-6-11/h7-8,11,13-15,24-25H,2-6,9-10H2,1H3/t13-,14+,15-,19-/m1/s1. The lowest BCUT2D eigenvalue weighted by molar-refractivity contribution is -0.218. The van der Waals surface area contributed by atoms with Gasteiger partial charge in [-0.05, 0) is 12.8 Å². The van der Waals surface area contributed by atoms with Crippen molar-refractivity contribution in [1.82, 2.24) is 9.13 Å². The fourth-order valence-corrected chi connectivity index (χ4v) is 3.74. The van der Waals surface area contributed by atoms with Gasteiger partial charge in [0.2, 0.25) is 0 Å². The van der Waals surface area contributed by atoms with Gasteiger partial charge in [-0.2, -0.15) is 0 Å². The number of esters is 1. The number of hydrogen-bond donors (Lipinski definition) is 2. The summed E-state index contributed by atoms with van der Waals surface area (Å²) >= 11 is 0. The fourth-order valence-electron chi connectivity index (χ4n) is 3.74. The maximum Gasteiger partial charge on any atom is 0.509 e. The van der Waals surface area contributed by atoms with Crippen LogP contribution in [0.1, 0.15) is 38.3 Å². The SMILES string of the molecule is COC(=O)OCn1c(=O)ccn([C@@H]2O[C@](F)(COC(=O)C3CCCCC3)[C@@H](O)[C@H]2O)c1=O. The number of aromatic nitrogens is 2. The van der Waals surface area contributed by atoms with E-state index in [1.54, 1.807) is 0 Å². The summed E-state index contributed by atoms with van der Waals surface area (Å²) in [5.74, 6) is -3.98. The second kappa shape index (κ2) is 9.79. The van der Waals surface area contributed by atoms with Gasteiger partial charge >= 0.3 is 17.8 Å². The van der Waals surface area contributed by atoms with Gasteiger partial charge in [0.05, 0.1) is 13.0 Å². The van der Waals surface area contributed by atoms with Crippen LogP contribution in [0.3, 0.4) is 0 Å². The molecule has 0 bridgehead atoms. The third kappa shape index (κ3) is 4.84. The van der Waals surface area contributed by atoms with Gasteiger partial charge in [0.25, 0.3) is 11.4 Å². The van der Waals surface area contributed by atoms with Crippen LogP contribution < -0.4 is 11.2 Å². The van der Waals surface area contributed by atoms with Crippen molar-refractivity contribution < 1.29 is 43.1 Å². The van der Waals surface area contributed by atoms with Crippen molar-refractivity contribution in [2.75, 3.05) is 13.7 Å². The molecule has 1 saturated heterocycles. The monoisotopic (exact) mass is 460 g/mol. The summed E-state index contributed by atoms with van der Waals surface area (Å²) in [4.78, 5) is 47.9. The molecule has 2 N–H and O–H groups in total. The molecule has 13 heteroatoms. The van der Waals surface area contributed by atoms with Crippen LogP contribution in [0, 0.1) is 5.92 Å². The summed E-state index contributed by atoms with van der Waals surface area (Å²) < 4.78 is 35.3. The Balaban J connectivity index is 1.75. The Morgan fingerprint density at radius 3 is 2.56 bits per heavy atom. The van der Waals surface area contributed by atoms with Gasteiger partial charge in [-0.3, -0.25) is 14.2 Å². The lowest BCUT2D eigenvalue weighted by atomic mass is 9.89. The van der Waals surface area contributed by atoms with Crippen molar-refractivity contribution in [3.8, 4) is 0 Å². The number of nitrogens with zero attached hydrogens (tertiary/aromatic N) is 2. The first-order chi connectivity index (χ1) is 15.2. The number of ether oxygens (including phenoxy) is 4. The molecule has 178 valence electrons. The zero-order chi connectivity index (χ0) is 23.5. The molecule has 0 spiro atoms. The smallest absolute Gasteiger partial charge is 0.459 e. The first-order valence-corrected chi connectivity index (χ1v) is 10.1. The van der Waals surface area contributed by atoms with E-state index < -0.39 is 61.0 Å². The minimum Gasteiger partial charge on any atom is -0.459 e. The van der Waals surface area contributed by atoms with Gasteiger partial charge in [-0.25, -0.2) is 18.5 Å². The zero-order valence-electron chi connectivity index (χ0n) is 17.3. The highest BCUT2D eigenvalue weighted by molar-refractivity contribution is 5.72. The normalized spacial score (nSPS) is 28.3. The lowest BCUT2D eigenvalue weighted by Gasteiger charge is -2.25. The topological polar surface area (TPSA) is 156 Å². The quantitative estimate of drug-likeness (QED) is 0.545. The van der Waals surface area contributed by atoms with Crippen LogP contribution in [-0.2, 0) is 30.5 Å². The van der Waals surface area contributed by atoms with Gasteiger partial charge in [0, 0.05) is 12.3 Å². The van der Waals surface area contributed by atoms with E-state index in [0.29, 0.717) is 22.0 Å². The summed E-state index contributed by atoms with van der Waals surface area (Å²) in [5.41, 5.74) is -1.96. The summed E-state index contributed by atoms with van der Waals surface area (Å²) in [5, 5.41) is 20.5. The number of alkyl halides is 1. The van der Waals surface area contributed by atoms with Crippen LogP contribution in [0.5, 0.6) is 0 Å². The van der Waals surface area contributed by atoms with Crippen LogP contribution in [-0.4, -0.2) is 63.3 Å². The van der Waals surface area contributed by atoms with Crippen LogP contribution in [0.15, 0.2) is 21.9 Å². The molecule has 1 aromatic rings. The maximum atomic E-state index is 15.3. The Bertz CT molecular complexity index is 956. The van der Waals surface area contributed by atoms with Crippen molar-refractivity contribution >= 4 is 12.1 Å². The first kappa shape index (κ1) is 23.9. The number of hydrogen-bond acceptors (Lipinski definition) is 10. The molecule has 1 aliphatic heterocycles. The summed E-state index contributed by atoms with van der Waals surface area (Å²) in [6, 6.07) is 0.895. The number of halogens is 1. The highest BCUT2D eigenvalue weighted by Crippen LogP contribution is 2.38. The van der Waals surface area contributed by atoms with E-state index in [0.717, 1.165) is 38.6 Å². The molecule has 2 fully saturated rings. The highest BCUT2D eigenvalue weighted by atomic mass is 19.2. The van der Waals surface area contributed by atoms with Crippen molar-refractivity contribution in [3.63, 3.8) is 0 Å². The van der Waals surface area contributed by atoms with E-state index in [1.807, 2.05) is 0 Å². The maximum absolute atomic E-state index is 15.3. The molecule has 2 aliphatic rings. The Hall–Kier alpha value is -2.77. The van der Waals surface area contributed by atoms with E-state index in [-0.39, 0.29) is 5.92 Å². The molecule has 2 heterocycles. The molecular formula is C19H25FN2O10. The van der Waals surface area contributed by atoms with Crippen molar-refractivity contribution in [2.24, 2.45) is 5.92 Å². The molecule has 0 aromatic carbocycles. The van der Waals surface area contributed by atoms with Crippen LogP contribution in [0.4, 0.5) is 9.18 Å². The predicted molar refractivity (Wildman–Crippen MR) is 102 cm³/mol. The largest absolute Gasteiger partial charge is 0.509 e. The number of aliphatic hydroxyl groups excluding tert-OH is 2. The third-order valence-electron chi connectivity index (χ3n) is 5.57. The average molecular weight is 460 g/mol. The summed E-state index contributed by atoms with van der Waals surface area (Å²) in [6.45, 7) is -1.80. The molecule has 0 unspecified atom stereocenters. The Morgan fingerprint density at radius 2 is 1.91 bits per heavy atom. The van der Waals surface area contributed by atoms with Crippen molar-refractivity contribution in [3.05, 3.63) is 33.1 Å². The van der Waals surface area contributed by atoms with Gasteiger partial charge in [-0.1, -0.05) is 19.3 Å². The van der Waals surface area contributed by atoms with Gasteiger partial charge in [0.15, 0.2) is 19.6 Å². The first-order valence-electron chi connectivity index (χ1n) is 10.1. The number of carbonyl (C=O) groups excluding carboxylic acids is 2. The molecule has 4 atom stereocenters. The lowest BCUT2D eigenvalue weighted by Crippen LogP contribution is -2.44. The predicted octanol–water partition coefficient (Wildman–Crippen LogP) is -0.210. The number of aliphatic hydroxyl groups is 2. The third-order valence-corrected chi connectivity index (χ3v) is 5.57. The molecule has 1 saturated carbocycles. The fraction of sp³-hybridized carbons (Fsp3) is 0.684. The van der Waals surface area contributed by atoms with Crippen LogP contribution >= 0.6 is 0 Å². The van der Waals surface area contributed by atoms with E-state index in [1.165, 1.54) is 0 Å². The number of rotatable bonds is 6. The number of carbonyl (C=O) groups is 2. The molecule has 1 aromatic heterocycles. The Kier molecular flexibility index (Phi) is 7.31. The van der Waals surface area contributed by atoms with E-state index >= 15 is 4.39 Å². The Morgan fingerprint density at radius 1 is 1.22 bits per heavy atom. The van der Waals surface area contributed by atoms with Crippen molar-refractivity contribution in [2.45, 2.75) is 63.1 Å². The van der Waals surface area contributed by atoms with Crippen LogP contribution in [0.2, 0.25) is 0 Å². The molecule has 32 heavy (non-hydrogen) atoms. The molecule has 3 rings (SSSR count). The number of methoxy groups -OCH3 is 1. The van der Waals surface area contributed by atoms with Gasteiger partial charge < -0.3 is 29.2 Å². The second-order valence-electron chi connectivity index (χ2n) is 7.67. The summed E-state index contributed by atoms with van der Waals surface area (Å²) in [7, 11) is 1.03. The van der Waals surface area contributed by atoms with Gasteiger partial charge in [-0.15, -0.1) is 0 Å². The van der Waals surface area contributed by atoms with E-state index in [9.17, 15) is 29.4 Å². The van der Waals surface area contributed by atoms with Crippen molar-refractivity contribution in [1.29, 1.82) is 0 Å². The average Bonchev–Trinajstić information content (AvgIpc) is 3.02. The molecule has 0 radical (unpaired) electrons. The summed E-state index contributed by atoms with van der Waals surface area (Å²) in [6.07, 6.45) is -2.08. The van der Waals surface area contributed by atoms with Gasteiger partial charge in [0.1, 0.15) is 12.2 Å². The van der Waals surface area contributed by atoms with Crippen LogP contribution in [0.25, 0.3) is 0 Å². The Labute approximate surface area is 181 Å². The zero-order valence-corrected chi connectivity index (χ0v) is 17.3. The minimum atomic E-state index is -2.99. The molecule has 1 aliphatic carbocycles.